The predicted octanol–water partition coefficient (Wildman–Crippen LogP) is 5.43. The van der Waals surface area contributed by atoms with Crippen molar-refractivity contribution in [2.24, 2.45) is 0 Å². The van der Waals surface area contributed by atoms with Crippen molar-refractivity contribution in [3.05, 3.63) is 89.4 Å². The minimum atomic E-state index is -0.0595. The maximum absolute atomic E-state index is 6.44. The molecule has 7 nitrogen and oxygen atoms in total. The number of hydrogen-bond acceptors (Lipinski definition) is 7. The molecule has 36 heavy (non-hydrogen) atoms. The molecule has 0 bridgehead atoms. The lowest BCUT2D eigenvalue weighted by Gasteiger charge is -2.23. The van der Waals surface area contributed by atoms with E-state index in [0.717, 1.165) is 62.2 Å². The number of fused-ring (bicyclic) bond motifs is 1. The first-order chi connectivity index (χ1) is 17.7. The minimum absolute atomic E-state index is 0.0595. The summed E-state index contributed by atoms with van der Waals surface area (Å²) >= 11 is 3.63. The van der Waals surface area contributed by atoms with Gasteiger partial charge in [-0.15, -0.1) is 0 Å². The molecule has 1 unspecified atom stereocenters. The van der Waals surface area contributed by atoms with Crippen molar-refractivity contribution in [1.29, 1.82) is 0 Å². The van der Waals surface area contributed by atoms with Crippen molar-refractivity contribution in [2.75, 3.05) is 25.4 Å². The summed E-state index contributed by atoms with van der Waals surface area (Å²) in [6.45, 7) is 2.29. The van der Waals surface area contributed by atoms with E-state index in [1.807, 2.05) is 42.6 Å². The van der Waals surface area contributed by atoms with Gasteiger partial charge >= 0.3 is 0 Å². The molecule has 0 saturated carbocycles. The van der Waals surface area contributed by atoms with Crippen molar-refractivity contribution < 1.29 is 4.74 Å². The van der Waals surface area contributed by atoms with Crippen LogP contribution >= 0.6 is 15.9 Å². The molecule has 1 fully saturated rings. The number of nitrogen functional groups attached to an aromatic ring is 1. The number of rotatable bonds is 4. The number of pyridine rings is 2. The molecule has 1 aliphatic heterocycles. The summed E-state index contributed by atoms with van der Waals surface area (Å²) in [6.07, 6.45) is 3.26. The molecule has 8 heteroatoms. The monoisotopic (exact) mass is 538 g/mol. The van der Waals surface area contributed by atoms with Gasteiger partial charge < -0.3 is 15.8 Å². The summed E-state index contributed by atoms with van der Waals surface area (Å²) < 4.78 is 6.85. The number of nitrogens with zero attached hydrogens (tertiary/aromatic N) is 4. The van der Waals surface area contributed by atoms with Crippen LogP contribution in [0.5, 0.6) is 0 Å². The molecule has 5 aromatic rings. The summed E-state index contributed by atoms with van der Waals surface area (Å²) in [4.78, 5) is 18.6. The summed E-state index contributed by atoms with van der Waals surface area (Å²) in [7, 11) is 0. The van der Waals surface area contributed by atoms with Crippen LogP contribution in [0, 0.1) is 0 Å². The van der Waals surface area contributed by atoms with Crippen LogP contribution in [-0.4, -0.2) is 39.6 Å². The van der Waals surface area contributed by atoms with Crippen molar-refractivity contribution in [3.63, 3.8) is 0 Å². The molecule has 6 rings (SSSR count). The molecular weight excluding hydrogens is 516 g/mol. The Morgan fingerprint density at radius 1 is 0.889 bits per heavy atom. The smallest absolute Gasteiger partial charge is 0.165 e. The number of nitrogens with one attached hydrogen (secondary N) is 1. The molecule has 1 atom stereocenters. The fraction of sp³-hybridized carbons (Fsp3) is 0.143. The highest BCUT2D eigenvalue weighted by atomic mass is 79.9. The third kappa shape index (κ3) is 4.24. The molecule has 3 N–H and O–H groups in total. The Hall–Kier alpha value is -3.72. The summed E-state index contributed by atoms with van der Waals surface area (Å²) in [5, 5.41) is 4.08. The highest BCUT2D eigenvalue weighted by molar-refractivity contribution is 9.10. The predicted molar refractivity (Wildman–Crippen MR) is 145 cm³/mol. The van der Waals surface area contributed by atoms with E-state index in [-0.39, 0.29) is 6.10 Å². The van der Waals surface area contributed by atoms with Gasteiger partial charge in [0, 0.05) is 40.4 Å². The van der Waals surface area contributed by atoms with Gasteiger partial charge in [0.05, 0.1) is 23.4 Å². The van der Waals surface area contributed by atoms with E-state index >= 15 is 0 Å². The number of ether oxygens (including phenoxy) is 1. The summed E-state index contributed by atoms with van der Waals surface area (Å²) in [6, 6.07) is 22.4. The first-order valence-electron chi connectivity index (χ1n) is 11.7. The Bertz CT molecular complexity index is 1540. The van der Waals surface area contributed by atoms with Gasteiger partial charge in [-0.3, -0.25) is 4.98 Å². The van der Waals surface area contributed by atoms with Crippen LogP contribution in [-0.2, 0) is 4.74 Å². The maximum Gasteiger partial charge on any atom is 0.165 e. The molecule has 1 saturated heterocycles. The summed E-state index contributed by atoms with van der Waals surface area (Å²) in [5.74, 6) is 0.390. The number of morpholine rings is 1. The lowest BCUT2D eigenvalue weighted by Crippen LogP contribution is -2.33. The van der Waals surface area contributed by atoms with E-state index in [1.165, 1.54) is 6.33 Å². The van der Waals surface area contributed by atoms with Gasteiger partial charge in [0.2, 0.25) is 0 Å². The van der Waals surface area contributed by atoms with E-state index in [9.17, 15) is 0 Å². The quantitative estimate of drug-likeness (QED) is 0.315. The van der Waals surface area contributed by atoms with E-state index in [1.54, 1.807) is 0 Å². The van der Waals surface area contributed by atoms with Crippen LogP contribution in [0.3, 0.4) is 0 Å². The number of hydrogen-bond donors (Lipinski definition) is 2. The molecule has 3 aromatic heterocycles. The first kappa shape index (κ1) is 22.7. The second-order valence-corrected chi connectivity index (χ2v) is 9.50. The van der Waals surface area contributed by atoms with E-state index < -0.39 is 0 Å². The average molecular weight is 539 g/mol. The highest BCUT2D eigenvalue weighted by Crippen LogP contribution is 2.44. The molecule has 0 spiro atoms. The number of nitrogens with two attached hydrogens (primary N) is 1. The Morgan fingerprint density at radius 2 is 1.75 bits per heavy atom. The zero-order valence-corrected chi connectivity index (χ0v) is 20.9. The first-order valence-corrected chi connectivity index (χ1v) is 12.5. The van der Waals surface area contributed by atoms with Crippen LogP contribution in [0.25, 0.3) is 44.5 Å². The standard InChI is InChI=1S/C28H23BrN6O/c29-20-8-4-7-18(13-20)23-24(17-5-2-1-3-6-17)26(35-28-25(23)27(30)33-16-34-28)19-9-10-21(32-14-19)22-15-31-11-12-36-22/h1-10,13-14,16,22,31H,11-12,15H2,(H2,30,33,34,35). The lowest BCUT2D eigenvalue weighted by molar-refractivity contribution is 0.0250. The fourth-order valence-electron chi connectivity index (χ4n) is 4.64. The van der Waals surface area contributed by atoms with Crippen LogP contribution in [0.15, 0.2) is 83.7 Å². The number of benzene rings is 2. The van der Waals surface area contributed by atoms with Crippen LogP contribution in [0.2, 0.25) is 0 Å². The molecule has 178 valence electrons. The van der Waals surface area contributed by atoms with E-state index in [0.29, 0.717) is 18.1 Å². The summed E-state index contributed by atoms with van der Waals surface area (Å²) in [5.41, 5.74) is 13.4. The number of halogens is 1. The Balaban J connectivity index is 1.64. The molecule has 0 radical (unpaired) electrons. The van der Waals surface area contributed by atoms with Crippen molar-refractivity contribution in [1.82, 2.24) is 25.3 Å². The minimum Gasteiger partial charge on any atom is -0.383 e. The van der Waals surface area contributed by atoms with Gasteiger partial charge in [-0.2, -0.15) is 0 Å². The SMILES string of the molecule is Nc1ncnc2nc(-c3ccc(C4CNCCO4)nc3)c(-c3ccccc3)c(-c3cccc(Br)c3)c12. The fourth-order valence-corrected chi connectivity index (χ4v) is 5.04. The van der Waals surface area contributed by atoms with Gasteiger partial charge in [-0.05, 0) is 35.4 Å². The molecule has 0 aliphatic carbocycles. The van der Waals surface area contributed by atoms with Gasteiger partial charge in [0.15, 0.2) is 5.65 Å². The molecule has 1 aliphatic rings. The Kier molecular flexibility index (Phi) is 6.14. The number of anilines is 1. The Labute approximate surface area is 216 Å². The molecule has 2 aromatic carbocycles. The second kappa shape index (κ2) is 9.73. The largest absolute Gasteiger partial charge is 0.383 e. The zero-order chi connectivity index (χ0) is 24.5. The van der Waals surface area contributed by atoms with Gasteiger partial charge in [-0.25, -0.2) is 15.0 Å². The van der Waals surface area contributed by atoms with E-state index in [2.05, 4.69) is 61.5 Å². The Morgan fingerprint density at radius 3 is 2.50 bits per heavy atom. The zero-order valence-electron chi connectivity index (χ0n) is 19.4. The van der Waals surface area contributed by atoms with Crippen molar-refractivity contribution >= 4 is 32.8 Å². The van der Waals surface area contributed by atoms with Crippen LogP contribution in [0.1, 0.15) is 11.8 Å². The van der Waals surface area contributed by atoms with Gasteiger partial charge in [0.25, 0.3) is 0 Å². The average Bonchev–Trinajstić information content (AvgIpc) is 2.93. The topological polar surface area (TPSA) is 98.8 Å². The molecule has 0 amide bonds. The number of aromatic nitrogens is 4. The van der Waals surface area contributed by atoms with Crippen LogP contribution < -0.4 is 11.1 Å². The molecule has 4 heterocycles. The van der Waals surface area contributed by atoms with Gasteiger partial charge in [0.1, 0.15) is 18.2 Å². The normalized spacial score (nSPS) is 15.8. The third-order valence-corrected chi connectivity index (χ3v) is 6.80. The second-order valence-electron chi connectivity index (χ2n) is 8.58. The molecular formula is C28H23BrN6O. The highest BCUT2D eigenvalue weighted by Gasteiger charge is 2.23. The van der Waals surface area contributed by atoms with Crippen LogP contribution in [0.4, 0.5) is 5.82 Å². The van der Waals surface area contributed by atoms with Gasteiger partial charge in [-0.1, -0.05) is 58.4 Å². The van der Waals surface area contributed by atoms with Crippen molar-refractivity contribution in [2.45, 2.75) is 6.10 Å². The maximum atomic E-state index is 6.44. The van der Waals surface area contributed by atoms with Crippen molar-refractivity contribution in [3.8, 4) is 33.5 Å². The van der Waals surface area contributed by atoms with E-state index in [4.69, 9.17) is 20.4 Å². The third-order valence-electron chi connectivity index (χ3n) is 6.30. The lowest BCUT2D eigenvalue weighted by atomic mass is 9.89.